The van der Waals surface area contributed by atoms with Crippen LogP contribution in [0, 0.1) is 0 Å². The molecule has 0 N–H and O–H groups in total. The van der Waals surface area contributed by atoms with Crippen LogP contribution >= 0.6 is 23.2 Å². The highest BCUT2D eigenvalue weighted by atomic mass is 35.5. The number of ether oxygens (including phenoxy) is 1. The van der Waals surface area contributed by atoms with E-state index in [0.717, 1.165) is 11.3 Å². The second kappa shape index (κ2) is 8.06. The first-order chi connectivity index (χ1) is 10.2. The SMILES string of the molecule is O=C(CCCCl)c1ccc(OCc2ccc(Cl)cc2)cc1. The van der Waals surface area contributed by atoms with Crippen LogP contribution in [0.3, 0.4) is 0 Å². The fraction of sp³-hybridized carbons (Fsp3) is 0.235. The van der Waals surface area contributed by atoms with E-state index in [2.05, 4.69) is 0 Å². The Hall–Kier alpha value is -1.51. The molecule has 0 saturated heterocycles. The molecule has 0 unspecified atom stereocenters. The van der Waals surface area contributed by atoms with E-state index in [4.69, 9.17) is 27.9 Å². The molecule has 0 atom stereocenters. The van der Waals surface area contributed by atoms with Crippen molar-refractivity contribution in [1.82, 2.24) is 0 Å². The summed E-state index contributed by atoms with van der Waals surface area (Å²) in [6.45, 7) is 0.469. The summed E-state index contributed by atoms with van der Waals surface area (Å²) in [7, 11) is 0. The number of carbonyl (C=O) groups is 1. The number of alkyl halides is 1. The Morgan fingerprint density at radius 2 is 1.67 bits per heavy atom. The smallest absolute Gasteiger partial charge is 0.162 e. The van der Waals surface area contributed by atoms with Gasteiger partial charge in [0.05, 0.1) is 0 Å². The van der Waals surface area contributed by atoms with Crippen molar-refractivity contribution in [2.75, 3.05) is 5.88 Å². The molecule has 0 aliphatic carbocycles. The summed E-state index contributed by atoms with van der Waals surface area (Å²) in [5, 5.41) is 0.707. The molecule has 0 amide bonds. The molecule has 0 heterocycles. The van der Waals surface area contributed by atoms with E-state index in [9.17, 15) is 4.79 Å². The van der Waals surface area contributed by atoms with Crippen LogP contribution in [0.15, 0.2) is 48.5 Å². The molecule has 0 bridgehead atoms. The summed E-state index contributed by atoms with van der Waals surface area (Å²) in [5.41, 5.74) is 1.74. The molecule has 0 spiro atoms. The molecular formula is C17H16Cl2O2. The zero-order valence-electron chi connectivity index (χ0n) is 11.5. The van der Waals surface area contributed by atoms with Crippen LogP contribution < -0.4 is 4.74 Å². The van der Waals surface area contributed by atoms with Crippen molar-refractivity contribution in [3.8, 4) is 5.75 Å². The first-order valence-electron chi connectivity index (χ1n) is 6.75. The maximum Gasteiger partial charge on any atom is 0.162 e. The number of hydrogen-bond acceptors (Lipinski definition) is 2. The third-order valence-electron chi connectivity index (χ3n) is 3.03. The number of Topliss-reactive ketones (excluding diaryl/α,β-unsaturated/α-hetero) is 1. The maximum atomic E-state index is 11.8. The zero-order valence-corrected chi connectivity index (χ0v) is 13.0. The summed E-state index contributed by atoms with van der Waals surface area (Å²) in [6, 6.07) is 14.7. The predicted octanol–water partition coefficient (Wildman–Crippen LogP) is 5.12. The van der Waals surface area contributed by atoms with Crippen molar-refractivity contribution < 1.29 is 9.53 Å². The van der Waals surface area contributed by atoms with Gasteiger partial charge in [0.1, 0.15) is 12.4 Å². The number of halogens is 2. The van der Waals surface area contributed by atoms with Crippen LogP contribution in [-0.2, 0) is 6.61 Å². The normalized spacial score (nSPS) is 10.4. The molecule has 110 valence electrons. The van der Waals surface area contributed by atoms with E-state index in [0.29, 0.717) is 35.9 Å². The van der Waals surface area contributed by atoms with E-state index < -0.39 is 0 Å². The van der Waals surface area contributed by atoms with Crippen LogP contribution in [0.2, 0.25) is 5.02 Å². The highest BCUT2D eigenvalue weighted by molar-refractivity contribution is 6.30. The van der Waals surface area contributed by atoms with Crippen LogP contribution in [0.1, 0.15) is 28.8 Å². The molecule has 0 saturated carbocycles. The van der Waals surface area contributed by atoms with E-state index in [1.807, 2.05) is 36.4 Å². The minimum absolute atomic E-state index is 0.111. The van der Waals surface area contributed by atoms with Gasteiger partial charge in [0.2, 0.25) is 0 Å². The lowest BCUT2D eigenvalue weighted by molar-refractivity contribution is 0.0982. The van der Waals surface area contributed by atoms with Gasteiger partial charge >= 0.3 is 0 Å². The zero-order chi connectivity index (χ0) is 15.1. The molecule has 0 aromatic heterocycles. The van der Waals surface area contributed by atoms with Crippen molar-refractivity contribution in [2.24, 2.45) is 0 Å². The van der Waals surface area contributed by atoms with Gasteiger partial charge in [-0.2, -0.15) is 0 Å². The highest BCUT2D eigenvalue weighted by Crippen LogP contribution is 2.17. The average molecular weight is 323 g/mol. The first-order valence-corrected chi connectivity index (χ1v) is 7.67. The Morgan fingerprint density at radius 1 is 1.00 bits per heavy atom. The van der Waals surface area contributed by atoms with Gasteiger partial charge in [-0.15, -0.1) is 11.6 Å². The summed E-state index contributed by atoms with van der Waals surface area (Å²) < 4.78 is 5.67. The lowest BCUT2D eigenvalue weighted by Gasteiger charge is -2.07. The van der Waals surface area contributed by atoms with E-state index in [1.165, 1.54) is 0 Å². The van der Waals surface area contributed by atoms with Crippen LogP contribution in [0.4, 0.5) is 0 Å². The number of carbonyl (C=O) groups excluding carboxylic acids is 1. The number of benzene rings is 2. The van der Waals surface area contributed by atoms with Gasteiger partial charge in [0.25, 0.3) is 0 Å². The van der Waals surface area contributed by atoms with Gasteiger partial charge in [0, 0.05) is 22.9 Å². The first kappa shape index (κ1) is 15.9. The monoisotopic (exact) mass is 322 g/mol. The Bertz CT molecular complexity index is 577. The maximum absolute atomic E-state index is 11.8. The van der Waals surface area contributed by atoms with Gasteiger partial charge in [-0.3, -0.25) is 4.79 Å². The average Bonchev–Trinajstić information content (AvgIpc) is 2.52. The lowest BCUT2D eigenvalue weighted by atomic mass is 10.1. The Morgan fingerprint density at radius 3 is 2.29 bits per heavy atom. The third-order valence-corrected chi connectivity index (χ3v) is 3.55. The molecule has 4 heteroatoms. The molecule has 0 aliphatic rings. The summed E-state index contributed by atoms with van der Waals surface area (Å²) in [4.78, 5) is 11.8. The molecule has 2 aromatic carbocycles. The minimum Gasteiger partial charge on any atom is -0.489 e. The Balaban J connectivity index is 1.90. The topological polar surface area (TPSA) is 26.3 Å². The molecule has 0 fully saturated rings. The summed E-state index contributed by atoms with van der Waals surface area (Å²) in [6.07, 6.45) is 1.18. The minimum atomic E-state index is 0.111. The molecule has 0 aliphatic heterocycles. The van der Waals surface area contributed by atoms with E-state index >= 15 is 0 Å². The molecule has 21 heavy (non-hydrogen) atoms. The molecule has 2 rings (SSSR count). The van der Waals surface area contributed by atoms with Crippen molar-refractivity contribution >= 4 is 29.0 Å². The second-order valence-corrected chi connectivity index (χ2v) is 5.47. The number of rotatable bonds is 7. The molecule has 0 radical (unpaired) electrons. The number of hydrogen-bond donors (Lipinski definition) is 0. The van der Waals surface area contributed by atoms with Crippen molar-refractivity contribution in [3.63, 3.8) is 0 Å². The van der Waals surface area contributed by atoms with Crippen molar-refractivity contribution in [1.29, 1.82) is 0 Å². The van der Waals surface area contributed by atoms with E-state index in [-0.39, 0.29) is 5.78 Å². The van der Waals surface area contributed by atoms with Crippen LogP contribution in [0.25, 0.3) is 0 Å². The van der Waals surface area contributed by atoms with Crippen LogP contribution in [-0.4, -0.2) is 11.7 Å². The lowest BCUT2D eigenvalue weighted by Crippen LogP contribution is -2.00. The molecule has 2 nitrogen and oxygen atoms in total. The molecule has 2 aromatic rings. The third kappa shape index (κ3) is 5.07. The quantitative estimate of drug-likeness (QED) is 0.522. The predicted molar refractivity (Wildman–Crippen MR) is 86.5 cm³/mol. The Labute approximate surface area is 134 Å². The van der Waals surface area contributed by atoms with Gasteiger partial charge in [-0.1, -0.05) is 23.7 Å². The van der Waals surface area contributed by atoms with Gasteiger partial charge in [0.15, 0.2) is 5.78 Å². The summed E-state index contributed by atoms with van der Waals surface area (Å²) >= 11 is 11.4. The van der Waals surface area contributed by atoms with Crippen molar-refractivity contribution in [3.05, 3.63) is 64.7 Å². The highest BCUT2D eigenvalue weighted by Gasteiger charge is 2.05. The summed E-state index contributed by atoms with van der Waals surface area (Å²) in [5.74, 6) is 1.35. The second-order valence-electron chi connectivity index (χ2n) is 4.66. The standard InChI is InChI=1S/C17H16Cl2O2/c18-11-1-2-17(20)14-5-9-16(10-6-14)21-12-13-3-7-15(19)8-4-13/h3-10H,1-2,11-12H2. The van der Waals surface area contributed by atoms with Crippen LogP contribution in [0.5, 0.6) is 5.75 Å². The largest absolute Gasteiger partial charge is 0.489 e. The number of ketones is 1. The molecular weight excluding hydrogens is 307 g/mol. The fourth-order valence-electron chi connectivity index (χ4n) is 1.86. The van der Waals surface area contributed by atoms with Gasteiger partial charge < -0.3 is 4.74 Å². The Kier molecular flexibility index (Phi) is 6.09. The van der Waals surface area contributed by atoms with Gasteiger partial charge in [-0.25, -0.2) is 0 Å². The fourth-order valence-corrected chi connectivity index (χ4v) is 2.12. The van der Waals surface area contributed by atoms with Crippen molar-refractivity contribution in [2.45, 2.75) is 19.4 Å². The van der Waals surface area contributed by atoms with Gasteiger partial charge in [-0.05, 0) is 48.4 Å². The van der Waals surface area contributed by atoms with E-state index in [1.54, 1.807) is 12.1 Å².